The molecule has 3 aliphatic carbocycles. The average molecular weight is 606 g/mol. The van der Waals surface area contributed by atoms with Gasteiger partial charge in [0, 0.05) is 44.7 Å². The number of allylic oxidation sites excluding steroid dienone is 3. The number of halogens is 2. The molecule has 3 unspecified atom stereocenters. The first-order valence-corrected chi connectivity index (χ1v) is 16.8. The van der Waals surface area contributed by atoms with Crippen LogP contribution < -0.4 is 5.32 Å². The van der Waals surface area contributed by atoms with Gasteiger partial charge in [0.15, 0.2) is 0 Å². The van der Waals surface area contributed by atoms with Crippen molar-refractivity contribution in [2.45, 2.75) is 98.6 Å². The molecule has 41 heavy (non-hydrogen) atoms. The Balaban J connectivity index is 1.07. The van der Waals surface area contributed by atoms with Gasteiger partial charge in [-0.1, -0.05) is 43.2 Å². The summed E-state index contributed by atoms with van der Waals surface area (Å²) in [6.45, 7) is 5.30. The summed E-state index contributed by atoms with van der Waals surface area (Å²) in [4.78, 5) is 33.2. The quantitative estimate of drug-likeness (QED) is 0.340. The lowest BCUT2D eigenvalue weighted by atomic mass is 9.81. The Morgan fingerprint density at radius 3 is 2.41 bits per heavy atom. The predicted molar refractivity (Wildman–Crippen MR) is 163 cm³/mol. The lowest BCUT2D eigenvalue weighted by molar-refractivity contribution is -0.140. The number of carbonyl (C=O) groups is 2. The minimum atomic E-state index is -0.459. The fourth-order valence-electron chi connectivity index (χ4n) is 8.08. The summed E-state index contributed by atoms with van der Waals surface area (Å²) in [5.74, 6) is 0.738. The molecule has 2 amide bonds. The first-order chi connectivity index (χ1) is 19.9. The number of ether oxygens (including phenoxy) is 1. The van der Waals surface area contributed by atoms with Gasteiger partial charge in [-0.25, -0.2) is 0 Å². The van der Waals surface area contributed by atoms with Crippen LogP contribution in [0.3, 0.4) is 0 Å². The highest BCUT2D eigenvalue weighted by molar-refractivity contribution is 6.31. The molecule has 3 saturated heterocycles. The number of piperidine rings is 2. The van der Waals surface area contributed by atoms with E-state index >= 15 is 0 Å². The zero-order valence-corrected chi connectivity index (χ0v) is 25.8. The molecule has 0 aromatic heterocycles. The van der Waals surface area contributed by atoms with Crippen LogP contribution in [0.5, 0.6) is 0 Å². The summed E-state index contributed by atoms with van der Waals surface area (Å²) in [5, 5.41) is 2.66. The summed E-state index contributed by atoms with van der Waals surface area (Å²) >= 11 is 13.0. The van der Waals surface area contributed by atoms with E-state index in [2.05, 4.69) is 44.3 Å². The van der Waals surface area contributed by atoms with Crippen molar-refractivity contribution in [3.63, 3.8) is 0 Å². The number of nitrogens with zero attached hydrogens (tertiary/aromatic N) is 3. The van der Waals surface area contributed by atoms with Crippen molar-refractivity contribution < 1.29 is 14.3 Å². The minimum absolute atomic E-state index is 0.203. The molecule has 0 bridgehead atoms. The second-order valence-corrected chi connectivity index (χ2v) is 14.0. The van der Waals surface area contributed by atoms with E-state index in [9.17, 15) is 9.59 Å². The van der Waals surface area contributed by atoms with Crippen molar-refractivity contribution >= 4 is 35.0 Å². The Kier molecular flexibility index (Phi) is 9.19. The first-order valence-electron chi connectivity index (χ1n) is 16.0. The second-order valence-electron chi connectivity index (χ2n) is 13.0. The summed E-state index contributed by atoms with van der Waals surface area (Å²) < 4.78 is 6.80. The van der Waals surface area contributed by atoms with Crippen LogP contribution in [0.1, 0.15) is 70.6 Å². The van der Waals surface area contributed by atoms with Gasteiger partial charge >= 0.3 is 0 Å². The standard InChI is InChI=1S/C32H46Cl2N4O3/c33-27-11-10-25(22-28(27)34)32(14-18-37(19-15-32)29(39)24-6-4-5-7-24)41-21-20-36-16-12-31(13-17-36)30(40)35-23-38(31)26-8-2-1-3-9-26/h2,8,10-11,22,24,26-28H,1,3-7,9,12-21,23H2,(H,35,40). The number of nitrogens with one attached hydrogen (secondary N) is 1. The minimum Gasteiger partial charge on any atom is -0.369 e. The van der Waals surface area contributed by atoms with E-state index in [0.717, 1.165) is 76.6 Å². The number of hydrogen-bond acceptors (Lipinski definition) is 5. The zero-order valence-electron chi connectivity index (χ0n) is 24.2. The smallest absolute Gasteiger partial charge is 0.241 e. The molecule has 3 aliphatic heterocycles. The molecule has 0 radical (unpaired) electrons. The van der Waals surface area contributed by atoms with Gasteiger partial charge < -0.3 is 19.9 Å². The first kappa shape index (κ1) is 29.7. The van der Waals surface area contributed by atoms with Crippen molar-refractivity contribution in [1.82, 2.24) is 20.0 Å². The second kappa shape index (κ2) is 12.7. The fourth-order valence-corrected chi connectivity index (χ4v) is 8.45. The monoisotopic (exact) mass is 604 g/mol. The van der Waals surface area contributed by atoms with Crippen molar-refractivity contribution in [2.24, 2.45) is 5.92 Å². The molecule has 1 saturated carbocycles. The summed E-state index contributed by atoms with van der Waals surface area (Å²) in [5.41, 5.74) is 0.257. The molecule has 3 atom stereocenters. The van der Waals surface area contributed by atoms with E-state index in [1.54, 1.807) is 0 Å². The number of hydrogen-bond donors (Lipinski definition) is 1. The highest BCUT2D eigenvalue weighted by Gasteiger charge is 2.52. The molecule has 0 aromatic carbocycles. The van der Waals surface area contributed by atoms with Gasteiger partial charge in [0.2, 0.25) is 11.8 Å². The Hall–Kier alpha value is -1.38. The van der Waals surface area contributed by atoms with Crippen LogP contribution in [0.15, 0.2) is 36.0 Å². The average Bonchev–Trinajstić information content (AvgIpc) is 3.65. The summed E-state index contributed by atoms with van der Waals surface area (Å²) in [6.07, 6.45) is 21.8. The number of rotatable bonds is 7. The maximum absolute atomic E-state index is 13.1. The van der Waals surface area contributed by atoms with E-state index < -0.39 is 5.60 Å². The van der Waals surface area contributed by atoms with Gasteiger partial charge in [0.05, 0.1) is 29.6 Å². The van der Waals surface area contributed by atoms with Gasteiger partial charge in [0.25, 0.3) is 0 Å². The molecule has 9 heteroatoms. The number of amides is 2. The number of alkyl halides is 2. The van der Waals surface area contributed by atoms with Crippen molar-refractivity contribution in [2.75, 3.05) is 46.0 Å². The zero-order chi connectivity index (χ0) is 28.5. The van der Waals surface area contributed by atoms with Crippen LogP contribution in [0.4, 0.5) is 0 Å². The van der Waals surface area contributed by atoms with E-state index in [-0.39, 0.29) is 28.1 Å². The molecule has 7 nitrogen and oxygen atoms in total. The normalized spacial score (nSPS) is 32.4. The number of likely N-dealkylation sites (tertiary alicyclic amines) is 2. The maximum atomic E-state index is 13.1. The molecular formula is C32H46Cl2N4O3. The van der Waals surface area contributed by atoms with Crippen molar-refractivity contribution in [3.8, 4) is 0 Å². The third kappa shape index (κ3) is 6.04. The Morgan fingerprint density at radius 2 is 1.73 bits per heavy atom. The van der Waals surface area contributed by atoms with Crippen molar-refractivity contribution in [1.29, 1.82) is 0 Å². The summed E-state index contributed by atoms with van der Waals surface area (Å²) in [7, 11) is 0. The van der Waals surface area contributed by atoms with E-state index in [1.807, 2.05) is 6.08 Å². The van der Waals surface area contributed by atoms with Gasteiger partial charge in [-0.3, -0.25) is 14.5 Å². The Bertz CT molecular complexity index is 1060. The van der Waals surface area contributed by atoms with Crippen LogP contribution in [0.25, 0.3) is 0 Å². The van der Waals surface area contributed by atoms with Gasteiger partial charge in [-0.2, -0.15) is 0 Å². The molecule has 1 N–H and O–H groups in total. The van der Waals surface area contributed by atoms with Crippen LogP contribution in [0.2, 0.25) is 0 Å². The summed E-state index contributed by atoms with van der Waals surface area (Å²) in [6, 6.07) is 0.360. The highest BCUT2D eigenvalue weighted by Crippen LogP contribution is 2.40. The lowest BCUT2D eigenvalue weighted by Crippen LogP contribution is -2.59. The van der Waals surface area contributed by atoms with Crippen LogP contribution in [-0.2, 0) is 14.3 Å². The lowest BCUT2D eigenvalue weighted by Gasteiger charge is -2.46. The van der Waals surface area contributed by atoms with Gasteiger partial charge in [-0.05, 0) is 63.4 Å². The highest BCUT2D eigenvalue weighted by atomic mass is 35.5. The molecular weight excluding hydrogens is 559 g/mol. The van der Waals surface area contributed by atoms with E-state index in [4.69, 9.17) is 27.9 Å². The third-order valence-corrected chi connectivity index (χ3v) is 11.6. The van der Waals surface area contributed by atoms with Crippen molar-refractivity contribution in [3.05, 3.63) is 36.0 Å². The van der Waals surface area contributed by atoms with Gasteiger partial charge in [-0.15, -0.1) is 23.2 Å². The molecule has 4 fully saturated rings. The van der Waals surface area contributed by atoms with Crippen LogP contribution in [-0.4, -0.2) is 100 Å². The van der Waals surface area contributed by atoms with E-state index in [0.29, 0.717) is 38.3 Å². The molecule has 0 aromatic rings. The third-order valence-electron chi connectivity index (χ3n) is 10.7. The maximum Gasteiger partial charge on any atom is 0.241 e. The topological polar surface area (TPSA) is 65.1 Å². The fraction of sp³-hybridized carbons (Fsp3) is 0.750. The Labute approximate surface area is 255 Å². The van der Waals surface area contributed by atoms with Crippen LogP contribution in [0, 0.1) is 5.92 Å². The van der Waals surface area contributed by atoms with Crippen LogP contribution >= 0.6 is 23.2 Å². The SMILES string of the molecule is O=C(C1CCCC1)N1CCC(OCCN2CCC3(CC2)C(=O)NCN3C2C=CCCC2)(C2=CC(Cl)C(Cl)C=C2)CC1. The van der Waals surface area contributed by atoms with E-state index in [1.165, 1.54) is 19.3 Å². The molecule has 6 aliphatic rings. The molecule has 1 spiro atoms. The van der Waals surface area contributed by atoms with Gasteiger partial charge in [0.1, 0.15) is 5.54 Å². The largest absolute Gasteiger partial charge is 0.369 e. The predicted octanol–water partition coefficient (Wildman–Crippen LogP) is 4.60. The number of carbonyl (C=O) groups excluding carboxylic acids is 2. The molecule has 226 valence electrons. The Morgan fingerprint density at radius 1 is 0.976 bits per heavy atom. The molecule has 6 rings (SSSR count). The molecule has 3 heterocycles.